The molecule has 0 saturated heterocycles. The smallest absolute Gasteiger partial charge is 0.341 e. The minimum atomic E-state index is -1.82. The third-order valence-electron chi connectivity index (χ3n) is 1.91. The Bertz CT molecular complexity index is 444. The maximum atomic E-state index is 10.6. The van der Waals surface area contributed by atoms with Crippen LogP contribution in [0.15, 0.2) is 18.2 Å². The molecule has 1 atom stereocenters. The third-order valence-corrected chi connectivity index (χ3v) is 1.91. The maximum Gasteiger partial charge on any atom is 0.341 e. The van der Waals surface area contributed by atoms with E-state index in [9.17, 15) is 14.7 Å². The minimum absolute atomic E-state index is 0.0310. The fourth-order valence-corrected chi connectivity index (χ4v) is 1.18. The highest BCUT2D eigenvalue weighted by molar-refractivity contribution is 5.76. The molecule has 0 aliphatic rings. The average Bonchev–Trinajstić information content (AvgIpc) is 2.26. The number of hydrogen-bond donors (Lipinski definition) is 4. The van der Waals surface area contributed by atoms with Gasteiger partial charge in [0.15, 0.2) is 12.7 Å². The molecule has 5 N–H and O–H groups in total. The van der Waals surface area contributed by atoms with E-state index in [-0.39, 0.29) is 17.0 Å². The number of nitrogen functional groups attached to an aromatic ring is 1. The predicted octanol–water partition coefficient (Wildman–Crippen LogP) is -0.150. The summed E-state index contributed by atoms with van der Waals surface area (Å²) in [4.78, 5) is 21.0. The second kappa shape index (κ2) is 5.17. The first-order chi connectivity index (χ1) is 7.91. The Kier molecular flexibility index (Phi) is 3.89. The molecule has 0 radical (unpaired) electrons. The number of nitrogens with two attached hydrogens (primary N) is 1. The van der Waals surface area contributed by atoms with Crippen molar-refractivity contribution >= 4 is 17.6 Å². The second-order valence-corrected chi connectivity index (χ2v) is 3.22. The summed E-state index contributed by atoms with van der Waals surface area (Å²) in [7, 11) is 0. The highest BCUT2D eigenvalue weighted by Gasteiger charge is 2.21. The number of aliphatic hydroxyl groups is 1. The molecular weight excluding hydrogens is 230 g/mol. The largest absolute Gasteiger partial charge is 0.482 e. The fraction of sp³-hybridized carbons (Fsp3) is 0.200. The molecule has 0 saturated carbocycles. The van der Waals surface area contributed by atoms with Gasteiger partial charge in [-0.15, -0.1) is 0 Å². The van der Waals surface area contributed by atoms with E-state index in [1.54, 1.807) is 0 Å². The summed E-state index contributed by atoms with van der Waals surface area (Å²) in [6.45, 7) is -0.636. The topological polar surface area (TPSA) is 130 Å². The van der Waals surface area contributed by atoms with E-state index in [0.717, 1.165) is 0 Å². The zero-order valence-electron chi connectivity index (χ0n) is 8.66. The second-order valence-electron chi connectivity index (χ2n) is 3.22. The van der Waals surface area contributed by atoms with Crippen LogP contribution < -0.4 is 10.5 Å². The van der Waals surface area contributed by atoms with E-state index in [0.29, 0.717) is 0 Å². The van der Waals surface area contributed by atoms with Gasteiger partial charge in [0, 0.05) is 11.3 Å². The molecule has 0 aliphatic carbocycles. The molecule has 1 rings (SSSR count). The van der Waals surface area contributed by atoms with Crippen LogP contribution in [-0.4, -0.2) is 33.9 Å². The van der Waals surface area contributed by atoms with Crippen molar-refractivity contribution in [2.45, 2.75) is 6.10 Å². The van der Waals surface area contributed by atoms with Crippen LogP contribution in [0.2, 0.25) is 0 Å². The molecule has 1 aromatic rings. The zero-order chi connectivity index (χ0) is 13.0. The molecule has 0 spiro atoms. The van der Waals surface area contributed by atoms with Gasteiger partial charge in [0.25, 0.3) is 0 Å². The van der Waals surface area contributed by atoms with E-state index in [4.69, 9.17) is 20.7 Å². The van der Waals surface area contributed by atoms with E-state index in [1.807, 2.05) is 0 Å². The number of anilines is 1. The average molecular weight is 241 g/mol. The van der Waals surface area contributed by atoms with Crippen LogP contribution in [-0.2, 0) is 9.59 Å². The first kappa shape index (κ1) is 12.8. The van der Waals surface area contributed by atoms with Gasteiger partial charge in [0.05, 0.1) is 0 Å². The first-order valence-corrected chi connectivity index (χ1v) is 4.56. The van der Waals surface area contributed by atoms with E-state index >= 15 is 0 Å². The molecular formula is C10H11NO6. The van der Waals surface area contributed by atoms with E-state index in [1.165, 1.54) is 18.2 Å². The minimum Gasteiger partial charge on any atom is -0.482 e. The summed E-state index contributed by atoms with van der Waals surface area (Å²) in [5, 5.41) is 26.5. The standard InChI is InChI=1S/C10H11NO6/c11-5-1-2-7(17-4-8(12)13)6(3-5)9(14)10(15)16/h1-3,9,14H,4,11H2,(H,12,13)(H,15,16). The van der Waals surface area contributed by atoms with Gasteiger partial charge in [-0.1, -0.05) is 0 Å². The van der Waals surface area contributed by atoms with Crippen LogP contribution in [0.4, 0.5) is 5.69 Å². The van der Waals surface area contributed by atoms with Crippen molar-refractivity contribution in [2.24, 2.45) is 0 Å². The number of aliphatic hydroxyl groups excluding tert-OH is 1. The Labute approximate surface area is 96.1 Å². The van der Waals surface area contributed by atoms with Crippen LogP contribution >= 0.6 is 0 Å². The number of carboxylic acids is 2. The molecule has 0 aliphatic heterocycles. The SMILES string of the molecule is Nc1ccc(OCC(=O)O)c(C(O)C(=O)O)c1. The number of carboxylic acid groups (broad SMARTS) is 2. The lowest BCUT2D eigenvalue weighted by Gasteiger charge is -2.13. The van der Waals surface area contributed by atoms with Gasteiger partial charge >= 0.3 is 11.9 Å². The number of hydrogen-bond acceptors (Lipinski definition) is 5. The molecule has 92 valence electrons. The molecule has 17 heavy (non-hydrogen) atoms. The Morgan fingerprint density at radius 1 is 1.35 bits per heavy atom. The fourth-order valence-electron chi connectivity index (χ4n) is 1.18. The van der Waals surface area contributed by atoms with E-state index in [2.05, 4.69) is 0 Å². The van der Waals surface area contributed by atoms with E-state index < -0.39 is 24.6 Å². The number of rotatable bonds is 5. The third kappa shape index (κ3) is 3.35. The Morgan fingerprint density at radius 3 is 2.53 bits per heavy atom. The Balaban J connectivity index is 3.03. The molecule has 1 unspecified atom stereocenters. The summed E-state index contributed by atoms with van der Waals surface area (Å²) in [6.07, 6.45) is -1.82. The van der Waals surface area contributed by atoms with Crippen LogP contribution in [0.25, 0.3) is 0 Å². The normalized spacial score (nSPS) is 11.8. The summed E-state index contributed by atoms with van der Waals surface area (Å²) < 4.78 is 4.85. The lowest BCUT2D eigenvalue weighted by molar-refractivity contribution is -0.147. The predicted molar refractivity (Wildman–Crippen MR) is 56.6 cm³/mol. The van der Waals surface area contributed by atoms with Crippen molar-refractivity contribution in [2.75, 3.05) is 12.3 Å². The molecule has 1 aromatic carbocycles. The van der Waals surface area contributed by atoms with Crippen molar-refractivity contribution in [3.05, 3.63) is 23.8 Å². The number of carbonyl (C=O) groups is 2. The maximum absolute atomic E-state index is 10.6. The Hall–Kier alpha value is -2.28. The molecule has 0 amide bonds. The molecule has 0 bridgehead atoms. The van der Waals surface area contributed by atoms with Gasteiger partial charge in [-0.3, -0.25) is 0 Å². The molecule has 0 fully saturated rings. The number of benzene rings is 1. The van der Waals surface area contributed by atoms with Crippen LogP contribution in [0.5, 0.6) is 5.75 Å². The summed E-state index contributed by atoms with van der Waals surface area (Å²) in [5.74, 6) is -2.72. The van der Waals surface area contributed by atoms with Gasteiger partial charge in [-0.05, 0) is 18.2 Å². The number of aliphatic carboxylic acids is 2. The molecule has 7 heteroatoms. The monoisotopic (exact) mass is 241 g/mol. The van der Waals surface area contributed by atoms with Crippen LogP contribution in [0.1, 0.15) is 11.7 Å². The molecule has 0 heterocycles. The molecule has 7 nitrogen and oxygen atoms in total. The quantitative estimate of drug-likeness (QED) is 0.527. The highest BCUT2D eigenvalue weighted by atomic mass is 16.5. The van der Waals surface area contributed by atoms with Gasteiger partial charge in [0.2, 0.25) is 0 Å². The molecule has 0 aromatic heterocycles. The van der Waals surface area contributed by atoms with Gasteiger partial charge in [0.1, 0.15) is 5.75 Å². The summed E-state index contributed by atoms with van der Waals surface area (Å²) in [5.41, 5.74) is 5.60. The van der Waals surface area contributed by atoms with Crippen molar-refractivity contribution in [3.63, 3.8) is 0 Å². The lowest BCUT2D eigenvalue weighted by Crippen LogP contribution is -2.15. The summed E-state index contributed by atoms with van der Waals surface area (Å²) >= 11 is 0. The summed E-state index contributed by atoms with van der Waals surface area (Å²) in [6, 6.07) is 3.94. The Morgan fingerprint density at radius 2 is 2.00 bits per heavy atom. The van der Waals surface area contributed by atoms with Crippen LogP contribution in [0, 0.1) is 0 Å². The lowest BCUT2D eigenvalue weighted by atomic mass is 10.1. The van der Waals surface area contributed by atoms with Crippen molar-refractivity contribution in [3.8, 4) is 5.75 Å². The van der Waals surface area contributed by atoms with Gasteiger partial charge in [-0.2, -0.15) is 0 Å². The van der Waals surface area contributed by atoms with Crippen LogP contribution in [0.3, 0.4) is 0 Å². The van der Waals surface area contributed by atoms with Gasteiger partial charge in [-0.25, -0.2) is 9.59 Å². The highest BCUT2D eigenvalue weighted by Crippen LogP contribution is 2.27. The van der Waals surface area contributed by atoms with Crippen molar-refractivity contribution in [1.29, 1.82) is 0 Å². The van der Waals surface area contributed by atoms with Gasteiger partial charge < -0.3 is 25.8 Å². The van der Waals surface area contributed by atoms with Crippen molar-refractivity contribution in [1.82, 2.24) is 0 Å². The zero-order valence-corrected chi connectivity index (χ0v) is 8.66. The first-order valence-electron chi connectivity index (χ1n) is 4.56. The van der Waals surface area contributed by atoms with Crippen molar-refractivity contribution < 1.29 is 29.6 Å². The number of ether oxygens (including phenoxy) is 1.